The number of nitrogens with one attached hydrogen (secondary N) is 3. The van der Waals surface area contributed by atoms with E-state index in [-0.39, 0.29) is 5.69 Å². The van der Waals surface area contributed by atoms with E-state index < -0.39 is 0 Å². The van der Waals surface area contributed by atoms with Crippen LogP contribution >= 0.6 is 0 Å². The second kappa shape index (κ2) is 4.50. The van der Waals surface area contributed by atoms with Crippen molar-refractivity contribution in [2.75, 3.05) is 12.4 Å². The Morgan fingerprint density at radius 1 is 1.14 bits per heavy atom. The van der Waals surface area contributed by atoms with Crippen LogP contribution in [0, 0.1) is 0 Å². The van der Waals surface area contributed by atoms with Crippen LogP contribution in [-0.4, -0.2) is 17.0 Å². The molecular formula is C10H15N3O. The molecule has 14 heavy (non-hydrogen) atoms. The summed E-state index contributed by atoms with van der Waals surface area (Å²) in [5.41, 5.74) is 2.47. The number of benzene rings is 1. The molecule has 0 aliphatic heterocycles. The molecular weight excluding hydrogens is 178 g/mol. The molecule has 2 rings (SSSR count). The molecule has 3 N–H and O–H groups in total. The number of imidazole rings is 1. The summed E-state index contributed by atoms with van der Waals surface area (Å²) in [5.74, 6) is 0. The molecule has 0 bridgehead atoms. The van der Waals surface area contributed by atoms with Crippen LogP contribution in [0.3, 0.4) is 0 Å². The number of fused-ring (bicyclic) bond motifs is 1. The first-order chi connectivity index (χ1) is 6.79. The highest BCUT2D eigenvalue weighted by Crippen LogP contribution is 2.13. The van der Waals surface area contributed by atoms with Crippen LogP contribution in [0.25, 0.3) is 11.0 Å². The Hall–Kier alpha value is -1.71. The molecule has 0 radical (unpaired) electrons. The van der Waals surface area contributed by atoms with Crippen molar-refractivity contribution in [2.24, 2.45) is 0 Å². The fourth-order valence-corrected chi connectivity index (χ4v) is 1.19. The van der Waals surface area contributed by atoms with Crippen molar-refractivity contribution in [3.8, 4) is 0 Å². The van der Waals surface area contributed by atoms with Gasteiger partial charge < -0.3 is 15.3 Å². The molecule has 2 aromatic rings. The second-order valence-corrected chi connectivity index (χ2v) is 2.59. The van der Waals surface area contributed by atoms with E-state index in [1.54, 1.807) is 0 Å². The zero-order valence-electron chi connectivity index (χ0n) is 8.64. The second-order valence-electron chi connectivity index (χ2n) is 2.59. The van der Waals surface area contributed by atoms with E-state index in [2.05, 4.69) is 15.3 Å². The van der Waals surface area contributed by atoms with E-state index in [9.17, 15) is 4.79 Å². The van der Waals surface area contributed by atoms with Crippen LogP contribution in [0.15, 0.2) is 23.0 Å². The van der Waals surface area contributed by atoms with Gasteiger partial charge in [-0.15, -0.1) is 0 Å². The molecule has 0 saturated heterocycles. The van der Waals surface area contributed by atoms with Crippen LogP contribution in [0.2, 0.25) is 0 Å². The lowest BCUT2D eigenvalue weighted by atomic mass is 10.3. The molecule has 0 amide bonds. The zero-order chi connectivity index (χ0) is 10.6. The Kier molecular flexibility index (Phi) is 3.34. The lowest BCUT2D eigenvalue weighted by Crippen LogP contribution is -1.99. The van der Waals surface area contributed by atoms with Gasteiger partial charge in [-0.3, -0.25) is 0 Å². The maximum atomic E-state index is 10.9. The molecule has 0 spiro atoms. The van der Waals surface area contributed by atoms with Crippen LogP contribution in [0.1, 0.15) is 13.8 Å². The van der Waals surface area contributed by atoms with Crippen LogP contribution in [-0.2, 0) is 0 Å². The minimum absolute atomic E-state index is 0.168. The topological polar surface area (TPSA) is 60.7 Å². The van der Waals surface area contributed by atoms with E-state index in [0.29, 0.717) is 0 Å². The van der Waals surface area contributed by atoms with Crippen molar-refractivity contribution >= 4 is 16.7 Å². The molecule has 0 saturated carbocycles. The van der Waals surface area contributed by atoms with Gasteiger partial charge in [0.1, 0.15) is 0 Å². The van der Waals surface area contributed by atoms with Gasteiger partial charge in [-0.25, -0.2) is 4.79 Å². The SMILES string of the molecule is CC.CNc1ccc2[nH]c(=O)[nH]c2c1. The quantitative estimate of drug-likeness (QED) is 0.648. The number of H-pyrrole nitrogens is 2. The summed E-state index contributed by atoms with van der Waals surface area (Å²) in [4.78, 5) is 16.2. The lowest BCUT2D eigenvalue weighted by molar-refractivity contribution is 1.21. The Bertz CT molecular complexity index is 456. The van der Waals surface area contributed by atoms with Crippen molar-refractivity contribution in [1.82, 2.24) is 9.97 Å². The minimum atomic E-state index is -0.168. The Morgan fingerprint density at radius 2 is 1.79 bits per heavy atom. The summed E-state index contributed by atoms with van der Waals surface area (Å²) in [7, 11) is 1.84. The molecule has 1 heterocycles. The van der Waals surface area contributed by atoms with Gasteiger partial charge >= 0.3 is 5.69 Å². The normalized spacial score (nSPS) is 9.36. The Labute approximate surface area is 82.4 Å². The molecule has 1 aromatic heterocycles. The van der Waals surface area contributed by atoms with Gasteiger partial charge in [-0.1, -0.05) is 13.8 Å². The molecule has 0 fully saturated rings. The van der Waals surface area contributed by atoms with E-state index in [0.717, 1.165) is 16.7 Å². The molecule has 4 nitrogen and oxygen atoms in total. The highest BCUT2D eigenvalue weighted by atomic mass is 16.1. The van der Waals surface area contributed by atoms with E-state index in [4.69, 9.17) is 0 Å². The number of aromatic nitrogens is 2. The summed E-state index contributed by atoms with van der Waals surface area (Å²) >= 11 is 0. The van der Waals surface area contributed by atoms with E-state index in [1.807, 2.05) is 39.1 Å². The first-order valence-electron chi connectivity index (χ1n) is 4.69. The summed E-state index contributed by atoms with van der Waals surface area (Å²) in [6, 6.07) is 5.65. The number of hydrogen-bond donors (Lipinski definition) is 3. The fraction of sp³-hybridized carbons (Fsp3) is 0.300. The maximum Gasteiger partial charge on any atom is 0.323 e. The number of rotatable bonds is 1. The smallest absolute Gasteiger partial charge is 0.323 e. The summed E-state index contributed by atoms with van der Waals surface area (Å²) < 4.78 is 0. The first kappa shape index (κ1) is 10.4. The monoisotopic (exact) mass is 193 g/mol. The Balaban J connectivity index is 0.000000461. The zero-order valence-corrected chi connectivity index (χ0v) is 8.64. The molecule has 76 valence electrons. The van der Waals surface area contributed by atoms with Crippen molar-refractivity contribution in [2.45, 2.75) is 13.8 Å². The van der Waals surface area contributed by atoms with Crippen molar-refractivity contribution in [3.63, 3.8) is 0 Å². The van der Waals surface area contributed by atoms with E-state index in [1.165, 1.54) is 0 Å². The van der Waals surface area contributed by atoms with Crippen molar-refractivity contribution in [1.29, 1.82) is 0 Å². The van der Waals surface area contributed by atoms with Crippen LogP contribution in [0.4, 0.5) is 5.69 Å². The third kappa shape index (κ3) is 1.96. The Morgan fingerprint density at radius 3 is 2.43 bits per heavy atom. The van der Waals surface area contributed by atoms with Gasteiger partial charge in [0.15, 0.2) is 0 Å². The average molecular weight is 193 g/mol. The summed E-state index contributed by atoms with van der Waals surface area (Å²) in [6.45, 7) is 4.00. The van der Waals surface area contributed by atoms with Gasteiger partial charge in [0.2, 0.25) is 0 Å². The molecule has 0 aliphatic rings. The summed E-state index contributed by atoms with van der Waals surface area (Å²) in [6.07, 6.45) is 0. The van der Waals surface area contributed by atoms with Crippen LogP contribution < -0.4 is 11.0 Å². The molecule has 0 aliphatic carbocycles. The van der Waals surface area contributed by atoms with Crippen molar-refractivity contribution < 1.29 is 0 Å². The molecule has 0 unspecified atom stereocenters. The van der Waals surface area contributed by atoms with Gasteiger partial charge in [0.05, 0.1) is 11.0 Å². The highest BCUT2D eigenvalue weighted by molar-refractivity contribution is 5.78. The fourth-order valence-electron chi connectivity index (χ4n) is 1.19. The van der Waals surface area contributed by atoms with Gasteiger partial charge in [-0.05, 0) is 18.2 Å². The highest BCUT2D eigenvalue weighted by Gasteiger charge is 1.97. The predicted octanol–water partition coefficient (Wildman–Crippen LogP) is 1.92. The lowest BCUT2D eigenvalue weighted by Gasteiger charge is -1.97. The molecule has 4 heteroatoms. The number of anilines is 1. The van der Waals surface area contributed by atoms with E-state index >= 15 is 0 Å². The third-order valence-corrected chi connectivity index (χ3v) is 1.80. The largest absolute Gasteiger partial charge is 0.388 e. The number of aromatic amines is 2. The van der Waals surface area contributed by atoms with Crippen LogP contribution in [0.5, 0.6) is 0 Å². The average Bonchev–Trinajstić information content (AvgIpc) is 2.59. The van der Waals surface area contributed by atoms with Gasteiger partial charge in [0.25, 0.3) is 0 Å². The molecule has 1 aromatic carbocycles. The number of hydrogen-bond acceptors (Lipinski definition) is 2. The maximum absolute atomic E-state index is 10.9. The summed E-state index contributed by atoms with van der Waals surface area (Å²) in [5, 5.41) is 2.99. The predicted molar refractivity (Wildman–Crippen MR) is 59.8 cm³/mol. The first-order valence-corrected chi connectivity index (χ1v) is 4.69. The van der Waals surface area contributed by atoms with Gasteiger partial charge in [-0.2, -0.15) is 0 Å². The third-order valence-electron chi connectivity index (χ3n) is 1.80. The molecule has 0 atom stereocenters. The van der Waals surface area contributed by atoms with Crippen molar-refractivity contribution in [3.05, 3.63) is 28.7 Å². The minimum Gasteiger partial charge on any atom is -0.388 e. The van der Waals surface area contributed by atoms with Gasteiger partial charge in [0, 0.05) is 12.7 Å². The standard InChI is InChI=1S/C8H9N3O.C2H6/c1-9-5-2-3-6-7(4-5)11-8(12)10-6;1-2/h2-4,9H,1H3,(H2,10,11,12);1-2H3.